The normalized spacial score (nSPS) is 20.8. The highest BCUT2D eigenvalue weighted by atomic mass is 32.2. The highest BCUT2D eigenvalue weighted by Crippen LogP contribution is 2.49. The Morgan fingerprint density at radius 3 is 2.03 bits per heavy atom. The molecule has 196 valence electrons. The van der Waals surface area contributed by atoms with Crippen molar-refractivity contribution in [3.63, 3.8) is 0 Å². The highest BCUT2D eigenvalue weighted by molar-refractivity contribution is 8.02. The Bertz CT molecular complexity index is 671. The van der Waals surface area contributed by atoms with Crippen LogP contribution < -0.4 is 0 Å². The van der Waals surface area contributed by atoms with Gasteiger partial charge in [0, 0.05) is 19.6 Å². The molecular formula is C26H46N2O5S. The average Bonchev–Trinajstić information content (AvgIpc) is 3.00. The summed E-state index contributed by atoms with van der Waals surface area (Å²) in [7, 11) is 0. The van der Waals surface area contributed by atoms with Gasteiger partial charge in [0.1, 0.15) is 0 Å². The van der Waals surface area contributed by atoms with Crippen LogP contribution in [0.4, 0.5) is 0 Å². The summed E-state index contributed by atoms with van der Waals surface area (Å²) in [6.45, 7) is 9.51. The largest absolute Gasteiger partial charge is 0.481 e. The van der Waals surface area contributed by atoms with Crippen molar-refractivity contribution in [1.82, 2.24) is 9.96 Å². The third kappa shape index (κ3) is 8.74. The number of carboxylic acid groups (broad SMARTS) is 1. The van der Waals surface area contributed by atoms with Gasteiger partial charge >= 0.3 is 11.9 Å². The quantitative estimate of drug-likeness (QED) is 0.311. The van der Waals surface area contributed by atoms with Crippen molar-refractivity contribution in [2.75, 3.05) is 19.6 Å². The first-order chi connectivity index (χ1) is 16.1. The zero-order chi connectivity index (χ0) is 25.2. The lowest BCUT2D eigenvalue weighted by molar-refractivity contribution is -0.207. The fourth-order valence-electron chi connectivity index (χ4n) is 4.68. The zero-order valence-corrected chi connectivity index (χ0v) is 22.6. The first-order valence-corrected chi connectivity index (χ1v) is 14.2. The maximum absolute atomic E-state index is 13.1. The maximum Gasteiger partial charge on any atom is 0.330 e. The van der Waals surface area contributed by atoms with E-state index in [0.29, 0.717) is 32.5 Å². The second kappa shape index (κ2) is 13.7. The third-order valence-corrected chi connectivity index (χ3v) is 8.54. The predicted molar refractivity (Wildman–Crippen MR) is 136 cm³/mol. The summed E-state index contributed by atoms with van der Waals surface area (Å²) in [4.78, 5) is 43.9. The molecule has 1 unspecified atom stereocenters. The Hall–Kier alpha value is -1.28. The number of carboxylic acids is 1. The van der Waals surface area contributed by atoms with Crippen molar-refractivity contribution in [1.29, 1.82) is 0 Å². The van der Waals surface area contributed by atoms with Gasteiger partial charge in [0.25, 0.3) is 0 Å². The second-order valence-electron chi connectivity index (χ2n) is 10.9. The average molecular weight is 499 g/mol. The van der Waals surface area contributed by atoms with Gasteiger partial charge in [-0.3, -0.25) is 9.59 Å². The number of unbranched alkanes of at least 4 members (excludes halogenated alkanes) is 9. The van der Waals surface area contributed by atoms with Crippen LogP contribution in [0.1, 0.15) is 111 Å². The van der Waals surface area contributed by atoms with Crippen LogP contribution in [-0.4, -0.2) is 62.7 Å². The van der Waals surface area contributed by atoms with E-state index in [9.17, 15) is 19.5 Å². The van der Waals surface area contributed by atoms with Crippen molar-refractivity contribution >= 4 is 29.6 Å². The van der Waals surface area contributed by atoms with E-state index in [1.807, 2.05) is 25.7 Å². The van der Waals surface area contributed by atoms with Crippen LogP contribution in [0.2, 0.25) is 0 Å². The molecule has 2 aliphatic heterocycles. The molecule has 34 heavy (non-hydrogen) atoms. The number of thioether (sulfide) groups is 1. The van der Waals surface area contributed by atoms with E-state index >= 15 is 0 Å². The molecule has 2 fully saturated rings. The van der Waals surface area contributed by atoms with Crippen molar-refractivity contribution in [3.8, 4) is 0 Å². The van der Waals surface area contributed by atoms with Crippen LogP contribution in [-0.2, 0) is 19.2 Å². The van der Waals surface area contributed by atoms with Crippen molar-refractivity contribution in [2.45, 2.75) is 121 Å². The van der Waals surface area contributed by atoms with Gasteiger partial charge in [-0.05, 0) is 40.0 Å². The van der Waals surface area contributed by atoms with E-state index in [0.717, 1.165) is 12.8 Å². The Labute approximate surface area is 210 Å². The first kappa shape index (κ1) is 29.0. The monoisotopic (exact) mass is 498 g/mol. The summed E-state index contributed by atoms with van der Waals surface area (Å²) < 4.78 is 0. The van der Waals surface area contributed by atoms with Gasteiger partial charge in [0.15, 0.2) is 0 Å². The van der Waals surface area contributed by atoms with Crippen molar-refractivity contribution in [2.24, 2.45) is 5.41 Å². The molecule has 1 spiro atoms. The van der Waals surface area contributed by atoms with Gasteiger partial charge in [-0.15, -0.1) is 16.8 Å². The third-order valence-electron chi connectivity index (χ3n) is 6.82. The number of hydrogen-bond acceptors (Lipinski definition) is 6. The standard InChI is InChI=1S/C26H46N2O5S/c1-5-6-7-8-9-10-11-12-13-14-17-28-23(31)21(20-22(29)30)34-26(28)15-18-27(19-16-26)33-24(32)25(2,3)4/h21H,5-20H2,1-4H3,(H,29,30). The minimum Gasteiger partial charge on any atom is -0.481 e. The highest BCUT2D eigenvalue weighted by Gasteiger charge is 2.53. The summed E-state index contributed by atoms with van der Waals surface area (Å²) in [5, 5.41) is 10.5. The molecule has 0 saturated carbocycles. The second-order valence-corrected chi connectivity index (χ2v) is 12.4. The molecule has 2 saturated heterocycles. The number of rotatable bonds is 14. The molecule has 0 aromatic carbocycles. The molecule has 0 aromatic rings. The number of hydroxylamine groups is 2. The molecule has 0 aliphatic carbocycles. The summed E-state index contributed by atoms with van der Waals surface area (Å²) in [6, 6.07) is 0. The number of amides is 1. The van der Waals surface area contributed by atoms with Gasteiger partial charge in [0.05, 0.1) is 22.0 Å². The van der Waals surface area contributed by atoms with E-state index in [1.54, 1.807) is 5.06 Å². The Balaban J connectivity index is 1.84. The van der Waals surface area contributed by atoms with Gasteiger partial charge < -0.3 is 14.8 Å². The van der Waals surface area contributed by atoms with Gasteiger partial charge in [-0.1, -0.05) is 64.7 Å². The fraction of sp³-hybridized carbons (Fsp3) is 0.885. The molecule has 2 rings (SSSR count). The van der Waals surface area contributed by atoms with Crippen LogP contribution in [0.25, 0.3) is 0 Å². The maximum atomic E-state index is 13.1. The molecule has 1 N–H and O–H groups in total. The van der Waals surface area contributed by atoms with Gasteiger partial charge in [-0.2, -0.15) is 0 Å². The van der Waals surface area contributed by atoms with E-state index in [-0.39, 0.29) is 23.2 Å². The van der Waals surface area contributed by atoms with Crippen molar-refractivity contribution < 1.29 is 24.3 Å². The molecule has 0 bridgehead atoms. The van der Waals surface area contributed by atoms with E-state index in [1.165, 1.54) is 63.1 Å². The number of carbonyl (C=O) groups excluding carboxylic acids is 2. The minimum atomic E-state index is -0.932. The van der Waals surface area contributed by atoms with Crippen LogP contribution in [0.15, 0.2) is 0 Å². The smallest absolute Gasteiger partial charge is 0.330 e. The number of piperidine rings is 1. The summed E-state index contributed by atoms with van der Waals surface area (Å²) in [6.07, 6.45) is 13.6. The Morgan fingerprint density at radius 1 is 1.00 bits per heavy atom. The molecule has 8 heteroatoms. The van der Waals surface area contributed by atoms with Crippen LogP contribution in [0, 0.1) is 5.41 Å². The molecular weight excluding hydrogens is 452 g/mol. The van der Waals surface area contributed by atoms with Crippen LogP contribution >= 0.6 is 11.8 Å². The molecule has 0 radical (unpaired) electrons. The van der Waals surface area contributed by atoms with E-state index < -0.39 is 16.6 Å². The van der Waals surface area contributed by atoms with E-state index in [2.05, 4.69) is 6.92 Å². The summed E-state index contributed by atoms with van der Waals surface area (Å²) in [5.41, 5.74) is -0.568. The summed E-state index contributed by atoms with van der Waals surface area (Å²) in [5.74, 6) is -1.23. The number of hydrogen-bond donors (Lipinski definition) is 1. The lowest BCUT2D eigenvalue weighted by Crippen LogP contribution is -2.52. The molecule has 2 aliphatic rings. The Kier molecular flexibility index (Phi) is 11.7. The lowest BCUT2D eigenvalue weighted by Gasteiger charge is -2.43. The number of aliphatic carboxylic acids is 1. The number of carbonyl (C=O) groups is 3. The fourth-order valence-corrected chi connectivity index (χ4v) is 6.39. The molecule has 1 atom stereocenters. The zero-order valence-electron chi connectivity index (χ0n) is 21.8. The minimum absolute atomic E-state index is 0.0385. The molecule has 0 aromatic heterocycles. The Morgan fingerprint density at radius 2 is 1.53 bits per heavy atom. The van der Waals surface area contributed by atoms with Crippen molar-refractivity contribution in [3.05, 3.63) is 0 Å². The van der Waals surface area contributed by atoms with Gasteiger partial charge in [0.2, 0.25) is 5.91 Å². The predicted octanol–water partition coefficient (Wildman–Crippen LogP) is 5.62. The molecule has 2 heterocycles. The first-order valence-electron chi connectivity index (χ1n) is 13.3. The molecule has 7 nitrogen and oxygen atoms in total. The molecule has 1 amide bonds. The SMILES string of the molecule is CCCCCCCCCCCCN1C(=O)C(CC(=O)O)SC12CCN(OC(=O)C(C)(C)C)CC2. The lowest BCUT2D eigenvalue weighted by atomic mass is 9.97. The van der Waals surface area contributed by atoms with Crippen LogP contribution in [0.3, 0.4) is 0 Å². The van der Waals surface area contributed by atoms with Crippen LogP contribution in [0.5, 0.6) is 0 Å². The van der Waals surface area contributed by atoms with Gasteiger partial charge in [-0.25, -0.2) is 4.79 Å². The van der Waals surface area contributed by atoms with E-state index in [4.69, 9.17) is 4.84 Å². The summed E-state index contributed by atoms with van der Waals surface area (Å²) >= 11 is 1.51. The number of nitrogens with zero attached hydrogens (tertiary/aromatic N) is 2. The topological polar surface area (TPSA) is 87.2 Å².